The normalized spacial score (nSPS) is 25.1. The summed E-state index contributed by atoms with van der Waals surface area (Å²) in [6, 6.07) is 0.0532. The van der Waals surface area contributed by atoms with E-state index in [9.17, 15) is 4.79 Å². The van der Waals surface area contributed by atoms with Crippen LogP contribution in [0.5, 0.6) is 0 Å². The lowest BCUT2D eigenvalue weighted by molar-refractivity contribution is -0.131. The van der Waals surface area contributed by atoms with Gasteiger partial charge < -0.3 is 10.2 Å². The first kappa shape index (κ1) is 16.5. The SMILES string of the molecule is CCCCC(CC)CC1CCNC(C(=O)N(C)C)C1. The Morgan fingerprint density at radius 2 is 2.11 bits per heavy atom. The number of piperidine rings is 1. The zero-order valence-electron chi connectivity index (χ0n) is 13.2. The first-order valence-corrected chi connectivity index (χ1v) is 8.03. The van der Waals surface area contributed by atoms with Gasteiger partial charge in [-0.3, -0.25) is 4.79 Å². The molecule has 1 N–H and O–H groups in total. The molecule has 0 aromatic rings. The van der Waals surface area contributed by atoms with Gasteiger partial charge in [0, 0.05) is 14.1 Å². The van der Waals surface area contributed by atoms with Crippen molar-refractivity contribution in [3.05, 3.63) is 0 Å². The number of unbranched alkanes of at least 4 members (excludes halogenated alkanes) is 1. The van der Waals surface area contributed by atoms with E-state index in [4.69, 9.17) is 0 Å². The van der Waals surface area contributed by atoms with E-state index in [0.29, 0.717) is 0 Å². The molecule has 3 atom stereocenters. The Morgan fingerprint density at radius 3 is 2.68 bits per heavy atom. The summed E-state index contributed by atoms with van der Waals surface area (Å²) < 4.78 is 0. The number of hydrogen-bond donors (Lipinski definition) is 1. The summed E-state index contributed by atoms with van der Waals surface area (Å²) in [7, 11) is 3.70. The Morgan fingerprint density at radius 1 is 1.37 bits per heavy atom. The Hall–Kier alpha value is -0.570. The van der Waals surface area contributed by atoms with Gasteiger partial charge >= 0.3 is 0 Å². The van der Waals surface area contributed by atoms with Crippen molar-refractivity contribution in [3.8, 4) is 0 Å². The Kier molecular flexibility index (Phi) is 7.44. The smallest absolute Gasteiger partial charge is 0.239 e. The Labute approximate surface area is 119 Å². The highest BCUT2D eigenvalue weighted by Gasteiger charge is 2.28. The second kappa shape index (κ2) is 8.57. The molecule has 19 heavy (non-hydrogen) atoms. The highest BCUT2D eigenvalue weighted by molar-refractivity contribution is 5.81. The molecule has 1 amide bonds. The fourth-order valence-corrected chi connectivity index (χ4v) is 3.16. The van der Waals surface area contributed by atoms with Crippen molar-refractivity contribution in [3.63, 3.8) is 0 Å². The van der Waals surface area contributed by atoms with Crippen molar-refractivity contribution in [2.75, 3.05) is 20.6 Å². The van der Waals surface area contributed by atoms with Gasteiger partial charge in [0.05, 0.1) is 6.04 Å². The summed E-state index contributed by atoms with van der Waals surface area (Å²) in [5, 5.41) is 3.37. The minimum atomic E-state index is 0.0532. The number of carbonyl (C=O) groups excluding carboxylic acids is 1. The minimum absolute atomic E-state index is 0.0532. The van der Waals surface area contributed by atoms with Gasteiger partial charge in [0.2, 0.25) is 5.91 Å². The molecule has 3 nitrogen and oxygen atoms in total. The van der Waals surface area contributed by atoms with E-state index >= 15 is 0 Å². The number of carbonyl (C=O) groups is 1. The summed E-state index contributed by atoms with van der Waals surface area (Å²) in [6.07, 6.45) is 8.88. The molecule has 3 unspecified atom stereocenters. The summed E-state index contributed by atoms with van der Waals surface area (Å²) >= 11 is 0. The third-order valence-corrected chi connectivity index (χ3v) is 4.46. The average molecular weight is 268 g/mol. The van der Waals surface area contributed by atoms with E-state index < -0.39 is 0 Å². The molecule has 0 saturated carbocycles. The van der Waals surface area contributed by atoms with Gasteiger partial charge in [-0.05, 0) is 37.6 Å². The van der Waals surface area contributed by atoms with Crippen LogP contribution in [0.25, 0.3) is 0 Å². The second-order valence-corrected chi connectivity index (χ2v) is 6.28. The molecule has 1 rings (SSSR count). The van der Waals surface area contributed by atoms with E-state index in [2.05, 4.69) is 19.2 Å². The number of nitrogens with one attached hydrogen (secondary N) is 1. The number of nitrogens with zero attached hydrogens (tertiary/aromatic N) is 1. The Bertz CT molecular complexity index is 265. The van der Waals surface area contributed by atoms with Crippen molar-refractivity contribution in [2.24, 2.45) is 11.8 Å². The zero-order chi connectivity index (χ0) is 14.3. The van der Waals surface area contributed by atoms with Crippen LogP contribution in [0.3, 0.4) is 0 Å². The summed E-state index contributed by atoms with van der Waals surface area (Å²) in [6.45, 7) is 5.58. The summed E-state index contributed by atoms with van der Waals surface area (Å²) in [4.78, 5) is 13.8. The van der Waals surface area contributed by atoms with Crippen LogP contribution in [0, 0.1) is 11.8 Å². The van der Waals surface area contributed by atoms with Crippen LogP contribution in [0.15, 0.2) is 0 Å². The van der Waals surface area contributed by atoms with Crippen molar-refractivity contribution >= 4 is 5.91 Å². The Balaban J connectivity index is 2.43. The molecule has 1 fully saturated rings. The number of rotatable bonds is 7. The maximum Gasteiger partial charge on any atom is 0.239 e. The van der Waals surface area contributed by atoms with Crippen molar-refractivity contribution in [1.29, 1.82) is 0 Å². The largest absolute Gasteiger partial charge is 0.347 e. The highest BCUT2D eigenvalue weighted by atomic mass is 16.2. The van der Waals surface area contributed by atoms with Gasteiger partial charge in [0.25, 0.3) is 0 Å². The molecule has 0 aromatic carbocycles. The van der Waals surface area contributed by atoms with E-state index in [1.54, 1.807) is 4.90 Å². The summed E-state index contributed by atoms with van der Waals surface area (Å²) in [5.74, 6) is 1.83. The number of hydrogen-bond acceptors (Lipinski definition) is 2. The monoisotopic (exact) mass is 268 g/mol. The maximum atomic E-state index is 12.0. The molecule has 112 valence electrons. The average Bonchev–Trinajstić information content (AvgIpc) is 2.42. The van der Waals surface area contributed by atoms with Gasteiger partial charge in [0.15, 0.2) is 0 Å². The van der Waals surface area contributed by atoms with E-state index in [1.807, 2.05) is 14.1 Å². The first-order valence-electron chi connectivity index (χ1n) is 8.03. The molecule has 0 spiro atoms. The molecular weight excluding hydrogens is 236 g/mol. The van der Waals surface area contributed by atoms with Crippen molar-refractivity contribution in [1.82, 2.24) is 10.2 Å². The molecule has 0 aliphatic carbocycles. The molecule has 1 aliphatic rings. The molecule has 0 aromatic heterocycles. The van der Waals surface area contributed by atoms with Crippen molar-refractivity contribution < 1.29 is 4.79 Å². The van der Waals surface area contributed by atoms with Gasteiger partial charge in [-0.15, -0.1) is 0 Å². The van der Waals surface area contributed by atoms with Gasteiger partial charge in [-0.1, -0.05) is 39.5 Å². The lowest BCUT2D eigenvalue weighted by atomic mass is 9.82. The zero-order valence-corrected chi connectivity index (χ0v) is 13.2. The second-order valence-electron chi connectivity index (χ2n) is 6.28. The third-order valence-electron chi connectivity index (χ3n) is 4.46. The fourth-order valence-electron chi connectivity index (χ4n) is 3.16. The molecule has 3 heteroatoms. The number of amides is 1. The molecule has 0 radical (unpaired) electrons. The number of likely N-dealkylation sites (N-methyl/N-ethyl adjacent to an activating group) is 1. The quantitative estimate of drug-likeness (QED) is 0.769. The first-order chi connectivity index (χ1) is 9.08. The standard InChI is InChI=1S/C16H32N2O/c1-5-7-8-13(6-2)11-14-9-10-17-15(12-14)16(19)18(3)4/h13-15,17H,5-12H2,1-4H3. The lowest BCUT2D eigenvalue weighted by Gasteiger charge is -2.33. The van der Waals surface area contributed by atoms with Crippen LogP contribution in [0.4, 0.5) is 0 Å². The lowest BCUT2D eigenvalue weighted by Crippen LogP contribution is -2.48. The van der Waals surface area contributed by atoms with Crippen molar-refractivity contribution in [2.45, 2.75) is 64.8 Å². The molecule has 1 aliphatic heterocycles. The van der Waals surface area contributed by atoms with Crippen LogP contribution in [-0.4, -0.2) is 37.5 Å². The van der Waals surface area contributed by atoms with Crippen LogP contribution >= 0.6 is 0 Å². The highest BCUT2D eigenvalue weighted by Crippen LogP contribution is 2.28. The van der Waals surface area contributed by atoms with Crippen LogP contribution < -0.4 is 5.32 Å². The predicted molar refractivity (Wildman–Crippen MR) is 81.1 cm³/mol. The van der Waals surface area contributed by atoms with E-state index in [-0.39, 0.29) is 11.9 Å². The molecule has 1 saturated heterocycles. The van der Waals surface area contributed by atoms with E-state index in [0.717, 1.165) is 24.8 Å². The van der Waals surface area contributed by atoms with Crippen LogP contribution in [0.1, 0.15) is 58.8 Å². The van der Waals surface area contributed by atoms with Crippen LogP contribution in [0.2, 0.25) is 0 Å². The minimum Gasteiger partial charge on any atom is -0.347 e. The molecular formula is C16H32N2O. The van der Waals surface area contributed by atoms with Gasteiger partial charge in [-0.25, -0.2) is 0 Å². The fraction of sp³-hybridized carbons (Fsp3) is 0.938. The van der Waals surface area contributed by atoms with E-state index in [1.165, 1.54) is 38.5 Å². The molecule has 1 heterocycles. The maximum absolute atomic E-state index is 12.0. The molecule has 0 bridgehead atoms. The van der Waals surface area contributed by atoms with Gasteiger partial charge in [0.1, 0.15) is 0 Å². The third kappa shape index (κ3) is 5.52. The van der Waals surface area contributed by atoms with Crippen LogP contribution in [-0.2, 0) is 4.79 Å². The summed E-state index contributed by atoms with van der Waals surface area (Å²) in [5.41, 5.74) is 0. The van der Waals surface area contributed by atoms with Gasteiger partial charge in [-0.2, -0.15) is 0 Å². The topological polar surface area (TPSA) is 32.3 Å². The predicted octanol–water partition coefficient (Wildman–Crippen LogP) is 3.05.